The molecule has 0 radical (unpaired) electrons. The van der Waals surface area contributed by atoms with Crippen LogP contribution in [-0.4, -0.2) is 4.92 Å². The Morgan fingerprint density at radius 1 is 1.47 bits per heavy atom. The highest BCUT2D eigenvalue weighted by molar-refractivity contribution is 7.10. The van der Waals surface area contributed by atoms with Crippen molar-refractivity contribution in [2.45, 2.75) is 6.54 Å². The van der Waals surface area contributed by atoms with Crippen LogP contribution >= 0.6 is 11.3 Å². The minimum Gasteiger partial charge on any atom is -0.378 e. The third kappa shape index (κ3) is 3.05. The van der Waals surface area contributed by atoms with Gasteiger partial charge in [-0.25, -0.2) is 4.39 Å². The van der Waals surface area contributed by atoms with Crippen molar-refractivity contribution in [3.05, 3.63) is 56.0 Å². The molecule has 19 heavy (non-hydrogen) atoms. The van der Waals surface area contributed by atoms with Crippen LogP contribution < -0.4 is 5.32 Å². The molecule has 0 amide bonds. The molecule has 0 saturated heterocycles. The molecule has 1 aromatic heterocycles. The van der Waals surface area contributed by atoms with E-state index < -0.39 is 10.7 Å². The molecule has 0 spiro atoms. The van der Waals surface area contributed by atoms with Crippen molar-refractivity contribution in [2.24, 2.45) is 0 Å². The number of non-ortho nitro benzene ring substituents is 1. The molecule has 7 heteroatoms. The lowest BCUT2D eigenvalue weighted by Crippen LogP contribution is -2.01. The van der Waals surface area contributed by atoms with Crippen molar-refractivity contribution in [2.75, 3.05) is 5.32 Å². The van der Waals surface area contributed by atoms with E-state index >= 15 is 0 Å². The van der Waals surface area contributed by atoms with Gasteiger partial charge in [0.1, 0.15) is 11.9 Å². The van der Waals surface area contributed by atoms with Gasteiger partial charge in [-0.05, 0) is 12.1 Å². The number of anilines is 1. The zero-order chi connectivity index (χ0) is 13.8. The van der Waals surface area contributed by atoms with Gasteiger partial charge in [0.15, 0.2) is 0 Å². The smallest absolute Gasteiger partial charge is 0.271 e. The van der Waals surface area contributed by atoms with Crippen molar-refractivity contribution >= 4 is 22.7 Å². The Morgan fingerprint density at radius 3 is 2.89 bits per heavy atom. The molecule has 2 aromatic rings. The second-order valence-electron chi connectivity index (χ2n) is 3.69. The van der Waals surface area contributed by atoms with Crippen LogP contribution in [0.5, 0.6) is 0 Å². The third-order valence-corrected chi connectivity index (χ3v) is 3.33. The number of thiophene rings is 1. The molecule has 1 aromatic carbocycles. The number of nitrogens with zero attached hydrogens (tertiary/aromatic N) is 2. The zero-order valence-corrected chi connectivity index (χ0v) is 10.4. The van der Waals surface area contributed by atoms with Crippen molar-refractivity contribution in [3.63, 3.8) is 0 Å². The average molecular weight is 277 g/mol. The van der Waals surface area contributed by atoms with Gasteiger partial charge in [0, 0.05) is 28.9 Å². The van der Waals surface area contributed by atoms with E-state index in [2.05, 4.69) is 5.32 Å². The highest BCUT2D eigenvalue weighted by Crippen LogP contribution is 2.23. The first-order valence-corrected chi connectivity index (χ1v) is 6.13. The van der Waals surface area contributed by atoms with Gasteiger partial charge < -0.3 is 5.32 Å². The van der Waals surface area contributed by atoms with Gasteiger partial charge in [0.05, 0.1) is 16.2 Å². The number of nitriles is 1. The summed E-state index contributed by atoms with van der Waals surface area (Å²) in [6.07, 6.45) is 0. The van der Waals surface area contributed by atoms with Crippen LogP contribution in [0.2, 0.25) is 0 Å². The summed E-state index contributed by atoms with van der Waals surface area (Å²) in [7, 11) is 0. The van der Waals surface area contributed by atoms with Gasteiger partial charge in [-0.15, -0.1) is 11.3 Å². The van der Waals surface area contributed by atoms with E-state index in [-0.39, 0.29) is 11.4 Å². The second kappa shape index (κ2) is 5.46. The van der Waals surface area contributed by atoms with Crippen LogP contribution in [0.25, 0.3) is 0 Å². The Morgan fingerprint density at radius 2 is 2.26 bits per heavy atom. The first kappa shape index (κ1) is 13.0. The predicted octanol–water partition coefficient (Wildman–Crippen LogP) is 3.28. The quantitative estimate of drug-likeness (QED) is 0.687. The fourth-order valence-corrected chi connectivity index (χ4v) is 2.23. The number of rotatable bonds is 4. The number of nitro benzene ring substituents is 1. The van der Waals surface area contributed by atoms with E-state index in [0.29, 0.717) is 12.1 Å². The Balaban J connectivity index is 2.12. The minimum absolute atomic E-state index is 0.0705. The molecule has 96 valence electrons. The summed E-state index contributed by atoms with van der Waals surface area (Å²) in [4.78, 5) is 10.9. The van der Waals surface area contributed by atoms with Crippen LogP contribution in [-0.2, 0) is 6.54 Å². The van der Waals surface area contributed by atoms with Gasteiger partial charge >= 0.3 is 0 Å². The monoisotopic (exact) mass is 277 g/mol. The number of hydrogen-bond acceptors (Lipinski definition) is 5. The van der Waals surface area contributed by atoms with Crippen LogP contribution in [0.15, 0.2) is 29.6 Å². The maximum Gasteiger partial charge on any atom is 0.271 e. The first-order valence-electron chi connectivity index (χ1n) is 5.25. The summed E-state index contributed by atoms with van der Waals surface area (Å²) >= 11 is 1.37. The molecule has 0 atom stereocenters. The van der Waals surface area contributed by atoms with Gasteiger partial charge in [0.25, 0.3) is 5.69 Å². The predicted molar refractivity (Wildman–Crippen MR) is 69.4 cm³/mol. The van der Waals surface area contributed by atoms with E-state index in [1.807, 2.05) is 6.07 Å². The summed E-state index contributed by atoms with van der Waals surface area (Å²) in [6, 6.07) is 7.00. The van der Waals surface area contributed by atoms with Gasteiger partial charge in [0.2, 0.25) is 0 Å². The molecule has 1 heterocycles. The molecule has 0 bridgehead atoms. The fourth-order valence-electron chi connectivity index (χ4n) is 1.48. The van der Waals surface area contributed by atoms with Crippen molar-refractivity contribution in [1.82, 2.24) is 0 Å². The normalized spacial score (nSPS) is 9.89. The highest BCUT2D eigenvalue weighted by Gasteiger charge is 2.10. The fraction of sp³-hybridized carbons (Fsp3) is 0.0833. The zero-order valence-electron chi connectivity index (χ0n) is 9.59. The van der Waals surface area contributed by atoms with E-state index in [4.69, 9.17) is 5.26 Å². The topological polar surface area (TPSA) is 79.0 Å². The first-order chi connectivity index (χ1) is 9.10. The summed E-state index contributed by atoms with van der Waals surface area (Å²) in [6.45, 7) is 0.310. The number of nitro groups is 1. The lowest BCUT2D eigenvalue weighted by Gasteiger charge is -2.05. The summed E-state index contributed by atoms with van der Waals surface area (Å²) in [5.41, 5.74) is 0.440. The molecule has 0 unspecified atom stereocenters. The SMILES string of the molecule is N#Cc1csc(CNc2cc([N+](=O)[O-])ccc2F)c1. The van der Waals surface area contributed by atoms with Crippen molar-refractivity contribution < 1.29 is 9.31 Å². The van der Waals surface area contributed by atoms with Crippen molar-refractivity contribution in [1.29, 1.82) is 5.26 Å². The van der Waals surface area contributed by atoms with Gasteiger partial charge in [-0.1, -0.05) is 0 Å². The van der Waals surface area contributed by atoms with E-state index in [9.17, 15) is 14.5 Å². The second-order valence-corrected chi connectivity index (χ2v) is 4.68. The van der Waals surface area contributed by atoms with E-state index in [0.717, 1.165) is 23.1 Å². The van der Waals surface area contributed by atoms with Crippen LogP contribution in [0.4, 0.5) is 15.8 Å². The largest absolute Gasteiger partial charge is 0.378 e. The molecule has 0 aliphatic rings. The van der Waals surface area contributed by atoms with Crippen LogP contribution in [0.1, 0.15) is 10.4 Å². The molecule has 1 N–H and O–H groups in total. The Bertz CT molecular complexity index is 663. The van der Waals surface area contributed by atoms with Crippen LogP contribution in [0.3, 0.4) is 0 Å². The number of hydrogen-bond donors (Lipinski definition) is 1. The molecule has 0 aliphatic carbocycles. The number of benzene rings is 1. The number of nitrogens with one attached hydrogen (secondary N) is 1. The Kier molecular flexibility index (Phi) is 3.73. The third-order valence-electron chi connectivity index (χ3n) is 2.40. The summed E-state index contributed by atoms with van der Waals surface area (Å²) in [5, 5.41) is 23.8. The standard InChI is InChI=1S/C12H8FN3O2S/c13-11-2-1-9(16(17)18)4-12(11)15-6-10-3-8(5-14)7-19-10/h1-4,7,15H,6H2. The molecule has 0 aliphatic heterocycles. The Hall–Kier alpha value is -2.46. The van der Waals surface area contributed by atoms with E-state index in [1.54, 1.807) is 11.4 Å². The van der Waals surface area contributed by atoms with Crippen molar-refractivity contribution in [3.8, 4) is 6.07 Å². The van der Waals surface area contributed by atoms with Crippen LogP contribution in [0, 0.1) is 27.3 Å². The molecule has 5 nitrogen and oxygen atoms in total. The molecule has 2 rings (SSSR count). The van der Waals surface area contributed by atoms with Gasteiger partial charge in [-0.2, -0.15) is 5.26 Å². The van der Waals surface area contributed by atoms with Gasteiger partial charge in [-0.3, -0.25) is 10.1 Å². The molecular formula is C12H8FN3O2S. The Labute approximate surface area is 112 Å². The number of halogens is 1. The lowest BCUT2D eigenvalue weighted by atomic mass is 10.2. The molecule has 0 fully saturated rings. The maximum atomic E-state index is 13.5. The average Bonchev–Trinajstić information content (AvgIpc) is 2.85. The summed E-state index contributed by atoms with van der Waals surface area (Å²) in [5.74, 6) is -0.553. The molecule has 0 saturated carbocycles. The molecular weight excluding hydrogens is 269 g/mol. The van der Waals surface area contributed by atoms with E-state index in [1.165, 1.54) is 11.3 Å². The highest BCUT2D eigenvalue weighted by atomic mass is 32.1. The summed E-state index contributed by atoms with van der Waals surface area (Å²) < 4.78 is 13.5. The lowest BCUT2D eigenvalue weighted by molar-refractivity contribution is -0.384. The minimum atomic E-state index is -0.580. The maximum absolute atomic E-state index is 13.5.